The normalized spacial score (nSPS) is 15.8. The van der Waals surface area contributed by atoms with Gasteiger partial charge in [0, 0.05) is 17.7 Å². The largest absolute Gasteiger partial charge is 0.489 e. The smallest absolute Gasteiger partial charge is 0.338 e. The van der Waals surface area contributed by atoms with E-state index in [4.69, 9.17) is 42.3 Å². The van der Waals surface area contributed by atoms with Crippen molar-refractivity contribution in [3.05, 3.63) is 262 Å². The van der Waals surface area contributed by atoms with Crippen molar-refractivity contribution < 1.29 is 56.7 Å². The zero-order valence-electron chi connectivity index (χ0n) is 40.2. The highest BCUT2D eigenvalue weighted by Crippen LogP contribution is 2.40. The molecule has 0 aliphatic carbocycles. The number of ether oxygens (including phenoxy) is 8. The Morgan fingerprint density at radius 3 is 1.44 bits per heavy atom. The average Bonchev–Trinajstić information content (AvgIpc) is 3.78. The molecule has 1 aliphatic heterocycles. The fourth-order valence-corrected chi connectivity index (χ4v) is 8.31. The minimum absolute atomic E-state index is 0.00391. The minimum atomic E-state index is -1.69. The second kappa shape index (κ2) is 23.4. The molecular formula is C62H48O13. The first-order chi connectivity index (χ1) is 36.8. The zero-order chi connectivity index (χ0) is 51.3. The van der Waals surface area contributed by atoms with E-state index in [2.05, 4.69) is 0 Å². The number of carbonyl (C=O) groups is 3. The second-order valence-electron chi connectivity index (χ2n) is 17.3. The molecule has 13 heteroatoms. The molecule has 0 unspecified atom stereocenters. The van der Waals surface area contributed by atoms with E-state index in [0.717, 1.165) is 16.7 Å². The molecule has 0 spiro atoms. The molecule has 0 N–H and O–H groups in total. The van der Waals surface area contributed by atoms with Crippen LogP contribution in [0.1, 0.15) is 47.8 Å². The van der Waals surface area contributed by atoms with Gasteiger partial charge in [0.2, 0.25) is 23.6 Å². The minimum Gasteiger partial charge on any atom is -0.489 e. The average molecular weight is 1000 g/mol. The Morgan fingerprint density at radius 2 is 0.920 bits per heavy atom. The summed E-state index contributed by atoms with van der Waals surface area (Å²) in [4.78, 5) is 57.0. The summed E-state index contributed by atoms with van der Waals surface area (Å²) in [5, 5.41) is -0.00391. The van der Waals surface area contributed by atoms with Crippen LogP contribution < -0.4 is 24.4 Å². The van der Waals surface area contributed by atoms with Crippen molar-refractivity contribution in [3.8, 4) is 34.3 Å². The molecule has 0 bridgehead atoms. The van der Waals surface area contributed by atoms with Crippen LogP contribution in [-0.2, 0) is 38.8 Å². The van der Waals surface area contributed by atoms with Gasteiger partial charge in [-0.25, -0.2) is 14.4 Å². The molecule has 0 saturated carbocycles. The van der Waals surface area contributed by atoms with Gasteiger partial charge in [0.1, 0.15) is 60.7 Å². The molecule has 2 heterocycles. The highest BCUT2D eigenvalue weighted by Gasteiger charge is 2.52. The number of rotatable bonds is 19. The maximum Gasteiger partial charge on any atom is 0.338 e. The lowest BCUT2D eigenvalue weighted by Gasteiger charge is -2.25. The van der Waals surface area contributed by atoms with Crippen LogP contribution in [0, 0.1) is 0 Å². The van der Waals surface area contributed by atoms with E-state index in [1.165, 1.54) is 0 Å². The Labute approximate surface area is 431 Å². The number of carbonyl (C=O) groups excluding carboxylic acids is 3. The fraction of sp³-hybridized carbons (Fsp3) is 0.129. The quantitative estimate of drug-likeness (QED) is 0.0558. The van der Waals surface area contributed by atoms with E-state index in [1.54, 1.807) is 127 Å². The summed E-state index contributed by atoms with van der Waals surface area (Å²) < 4.78 is 57.0. The van der Waals surface area contributed by atoms with Gasteiger partial charge in [-0.15, -0.1) is 0 Å². The molecule has 9 aromatic rings. The van der Waals surface area contributed by atoms with Crippen molar-refractivity contribution in [2.45, 2.75) is 44.4 Å². The molecule has 8 aromatic carbocycles. The van der Waals surface area contributed by atoms with Gasteiger partial charge >= 0.3 is 17.9 Å². The summed E-state index contributed by atoms with van der Waals surface area (Å²) in [7, 11) is 0. The molecule has 1 aromatic heterocycles. The van der Waals surface area contributed by atoms with Gasteiger partial charge in [0.25, 0.3) is 0 Å². The van der Waals surface area contributed by atoms with Crippen LogP contribution in [0.4, 0.5) is 0 Å². The molecule has 0 amide bonds. The Balaban J connectivity index is 1.08. The van der Waals surface area contributed by atoms with Crippen LogP contribution in [0.3, 0.4) is 0 Å². The monoisotopic (exact) mass is 1000 g/mol. The number of hydrogen-bond donors (Lipinski definition) is 0. The second-order valence-corrected chi connectivity index (χ2v) is 17.3. The van der Waals surface area contributed by atoms with E-state index in [9.17, 15) is 14.4 Å². The number of hydrogen-bond acceptors (Lipinski definition) is 13. The highest BCUT2D eigenvalue weighted by molar-refractivity contribution is 5.91. The summed E-state index contributed by atoms with van der Waals surface area (Å²) in [6, 6.07) is 63.5. The summed E-state index contributed by atoms with van der Waals surface area (Å²) in [5.74, 6) is -1.73. The van der Waals surface area contributed by atoms with Crippen LogP contribution >= 0.6 is 0 Å². The van der Waals surface area contributed by atoms with E-state index in [1.807, 2.05) is 91.0 Å². The summed E-state index contributed by atoms with van der Waals surface area (Å²) in [6.07, 6.45) is -6.05. The lowest BCUT2D eigenvalue weighted by molar-refractivity contribution is -0.120. The lowest BCUT2D eigenvalue weighted by Crippen LogP contribution is -2.43. The van der Waals surface area contributed by atoms with E-state index >= 15 is 4.79 Å². The van der Waals surface area contributed by atoms with Crippen LogP contribution in [0.25, 0.3) is 22.3 Å². The molecule has 1 aliphatic rings. The van der Waals surface area contributed by atoms with Gasteiger partial charge in [0.05, 0.1) is 16.7 Å². The van der Waals surface area contributed by atoms with E-state index in [-0.39, 0.29) is 58.1 Å². The predicted octanol–water partition coefficient (Wildman–Crippen LogP) is 11.6. The Bertz CT molecular complexity index is 3410. The highest BCUT2D eigenvalue weighted by atomic mass is 16.7. The molecule has 75 heavy (non-hydrogen) atoms. The van der Waals surface area contributed by atoms with Crippen molar-refractivity contribution in [3.63, 3.8) is 0 Å². The van der Waals surface area contributed by atoms with Crippen molar-refractivity contribution in [1.82, 2.24) is 0 Å². The van der Waals surface area contributed by atoms with Gasteiger partial charge in [-0.05, 0) is 77.4 Å². The van der Waals surface area contributed by atoms with E-state index in [0.29, 0.717) is 23.7 Å². The zero-order valence-corrected chi connectivity index (χ0v) is 40.2. The standard InChI is InChI=1S/C62H48O13/c63-54-53-50(69-39-43-23-11-3-12-24-43)35-49(68-38-42-21-9-2-10-22-42)36-51(53)71-55(44-31-33-48(34-32-44)67-37-41-19-7-1-8-20-41)57(54)75-62-58(74-61(66)47-29-17-6-18-30-47)56(73-60(65)46-27-15-5-16-28-46)52(72-62)40-70-59(64)45-25-13-4-14-26-45/h1-36,52,56,58,62H,37-40H2/t52-,56-,58-,62+/m1/s1. The molecule has 13 nitrogen and oxygen atoms in total. The Morgan fingerprint density at radius 1 is 0.467 bits per heavy atom. The van der Waals surface area contributed by atoms with Crippen molar-refractivity contribution in [2.24, 2.45) is 0 Å². The molecule has 4 atom stereocenters. The third-order valence-electron chi connectivity index (χ3n) is 12.1. The molecule has 1 fully saturated rings. The number of fused-ring (bicyclic) bond motifs is 1. The van der Waals surface area contributed by atoms with Gasteiger partial charge in [0.15, 0.2) is 11.9 Å². The van der Waals surface area contributed by atoms with Crippen molar-refractivity contribution in [2.75, 3.05) is 6.61 Å². The molecule has 10 rings (SSSR count). The molecule has 374 valence electrons. The first-order valence-corrected chi connectivity index (χ1v) is 24.1. The van der Waals surface area contributed by atoms with Crippen LogP contribution in [0.5, 0.6) is 23.0 Å². The van der Waals surface area contributed by atoms with Crippen LogP contribution in [-0.4, -0.2) is 49.1 Å². The molecule has 1 saturated heterocycles. The summed E-state index contributed by atoms with van der Waals surface area (Å²) in [6.45, 7) is 0.0811. The topological polar surface area (TPSA) is 155 Å². The maximum absolute atomic E-state index is 15.6. The molecular weight excluding hydrogens is 953 g/mol. The van der Waals surface area contributed by atoms with Crippen molar-refractivity contribution >= 4 is 28.9 Å². The third kappa shape index (κ3) is 12.1. The van der Waals surface area contributed by atoms with Gasteiger partial charge < -0.3 is 42.3 Å². The van der Waals surface area contributed by atoms with Gasteiger partial charge in [-0.3, -0.25) is 4.79 Å². The predicted molar refractivity (Wildman–Crippen MR) is 278 cm³/mol. The van der Waals surface area contributed by atoms with Gasteiger partial charge in [-0.1, -0.05) is 146 Å². The first-order valence-electron chi connectivity index (χ1n) is 24.1. The Hall–Kier alpha value is -9.46. The van der Waals surface area contributed by atoms with Crippen LogP contribution in [0.15, 0.2) is 228 Å². The Kier molecular flexibility index (Phi) is 15.3. The van der Waals surface area contributed by atoms with Crippen LogP contribution in [0.2, 0.25) is 0 Å². The summed E-state index contributed by atoms with van der Waals surface area (Å²) >= 11 is 0. The number of esters is 3. The lowest BCUT2D eigenvalue weighted by atomic mass is 10.1. The maximum atomic E-state index is 15.6. The SMILES string of the molecule is O=C(OC[C@H]1O[C@@H](Oc2c(-c3ccc(OCc4ccccc4)cc3)oc3cc(OCc4ccccc4)cc(OCc4ccccc4)c3c2=O)[C@H](OC(=O)c2ccccc2)[C@@H]1OC(=O)c1ccccc1)c1ccccc1. The van der Waals surface area contributed by atoms with E-state index < -0.39 is 54.5 Å². The third-order valence-corrected chi connectivity index (χ3v) is 12.1. The summed E-state index contributed by atoms with van der Waals surface area (Å²) in [5.41, 5.74) is 3.08. The number of benzene rings is 8. The fourth-order valence-electron chi connectivity index (χ4n) is 8.31. The molecule has 0 radical (unpaired) electrons. The first kappa shape index (κ1) is 49.1. The van der Waals surface area contributed by atoms with Gasteiger partial charge in [-0.2, -0.15) is 0 Å². The van der Waals surface area contributed by atoms with Crippen molar-refractivity contribution in [1.29, 1.82) is 0 Å².